The van der Waals surface area contributed by atoms with E-state index in [1.807, 2.05) is 0 Å². The molecule has 4 nitrogen and oxygen atoms in total. The fourth-order valence-corrected chi connectivity index (χ4v) is 1.54. The molecule has 0 aliphatic carbocycles. The van der Waals surface area contributed by atoms with Crippen LogP contribution < -0.4 is 11.1 Å². The molecule has 0 saturated carbocycles. The predicted molar refractivity (Wildman–Crippen MR) is 59.7 cm³/mol. The van der Waals surface area contributed by atoms with E-state index in [4.69, 9.17) is 34.2 Å². The number of nitrogens with one attached hydrogen (secondary N) is 1. The van der Waals surface area contributed by atoms with Crippen LogP contribution in [-0.4, -0.2) is 5.91 Å². The number of rotatable bonds is 2. The molecule has 15 heavy (non-hydrogen) atoms. The highest BCUT2D eigenvalue weighted by Gasteiger charge is 2.09. The molecule has 1 amide bonds. The number of amides is 1. The highest BCUT2D eigenvalue weighted by molar-refractivity contribution is 6.37. The molecule has 0 saturated heterocycles. The monoisotopic (exact) mass is 243 g/mol. The maximum atomic E-state index is 11.1. The summed E-state index contributed by atoms with van der Waals surface area (Å²) in [5.74, 6) is -0.464. The van der Waals surface area contributed by atoms with Crippen molar-refractivity contribution in [2.45, 2.75) is 6.42 Å². The van der Waals surface area contributed by atoms with Crippen molar-refractivity contribution < 1.29 is 4.79 Å². The SMILES string of the molecule is N#CCC(=O)Nc1c(N)cc(Cl)cc1Cl. The number of hydrogen-bond acceptors (Lipinski definition) is 3. The number of nitrogens with two attached hydrogens (primary N) is 1. The van der Waals surface area contributed by atoms with Crippen molar-refractivity contribution in [3.8, 4) is 6.07 Å². The number of carbonyl (C=O) groups is 1. The minimum Gasteiger partial charge on any atom is -0.397 e. The van der Waals surface area contributed by atoms with Crippen molar-refractivity contribution in [3.63, 3.8) is 0 Å². The van der Waals surface area contributed by atoms with Gasteiger partial charge >= 0.3 is 0 Å². The molecule has 0 unspecified atom stereocenters. The largest absolute Gasteiger partial charge is 0.397 e. The zero-order chi connectivity index (χ0) is 11.4. The van der Waals surface area contributed by atoms with Gasteiger partial charge in [-0.3, -0.25) is 4.79 Å². The van der Waals surface area contributed by atoms with Gasteiger partial charge in [-0.15, -0.1) is 0 Å². The Hall–Kier alpha value is -1.44. The molecule has 0 atom stereocenters. The van der Waals surface area contributed by atoms with Gasteiger partial charge in [0.25, 0.3) is 0 Å². The van der Waals surface area contributed by atoms with E-state index in [0.717, 1.165) is 0 Å². The van der Waals surface area contributed by atoms with Crippen LogP contribution >= 0.6 is 23.2 Å². The van der Waals surface area contributed by atoms with E-state index in [1.165, 1.54) is 12.1 Å². The maximum absolute atomic E-state index is 11.1. The normalized spacial score (nSPS) is 9.40. The second kappa shape index (κ2) is 4.87. The van der Waals surface area contributed by atoms with Gasteiger partial charge in [0.1, 0.15) is 6.42 Å². The van der Waals surface area contributed by atoms with Crippen LogP contribution in [-0.2, 0) is 4.79 Å². The number of nitrogen functional groups attached to an aromatic ring is 1. The van der Waals surface area contributed by atoms with Crippen molar-refractivity contribution in [2.75, 3.05) is 11.1 Å². The lowest BCUT2D eigenvalue weighted by Crippen LogP contribution is -2.12. The molecule has 0 heterocycles. The van der Waals surface area contributed by atoms with E-state index < -0.39 is 5.91 Å². The zero-order valence-corrected chi connectivity index (χ0v) is 9.06. The standard InChI is InChI=1S/C9H7Cl2N3O/c10-5-3-6(11)9(7(13)4-5)14-8(15)1-2-12/h3-4H,1,13H2,(H,14,15). The molecule has 3 N–H and O–H groups in total. The Morgan fingerprint density at radius 3 is 2.73 bits per heavy atom. The number of nitriles is 1. The number of halogens is 2. The molecule has 0 aromatic heterocycles. The molecule has 1 aromatic rings. The zero-order valence-electron chi connectivity index (χ0n) is 7.55. The Bertz CT molecular complexity index is 416. The van der Waals surface area contributed by atoms with Crippen molar-refractivity contribution in [3.05, 3.63) is 22.2 Å². The van der Waals surface area contributed by atoms with Crippen LogP contribution in [0.15, 0.2) is 12.1 Å². The summed E-state index contributed by atoms with van der Waals surface area (Å²) in [6.07, 6.45) is -0.252. The number of nitrogens with zero attached hydrogens (tertiary/aromatic N) is 1. The summed E-state index contributed by atoms with van der Waals surface area (Å²) in [6.45, 7) is 0. The minimum atomic E-state index is -0.464. The Labute approximate surface area is 96.6 Å². The molecule has 0 bridgehead atoms. The van der Waals surface area contributed by atoms with Crippen LogP contribution in [0.5, 0.6) is 0 Å². The Morgan fingerprint density at radius 2 is 2.20 bits per heavy atom. The van der Waals surface area contributed by atoms with Gasteiger partial charge in [-0.1, -0.05) is 23.2 Å². The summed E-state index contributed by atoms with van der Waals surface area (Å²) in [6, 6.07) is 4.64. The summed E-state index contributed by atoms with van der Waals surface area (Å²) in [4.78, 5) is 11.1. The summed E-state index contributed by atoms with van der Waals surface area (Å²) in [5, 5.41) is 11.4. The highest BCUT2D eigenvalue weighted by atomic mass is 35.5. The molecule has 0 aliphatic rings. The molecule has 78 valence electrons. The van der Waals surface area contributed by atoms with Crippen molar-refractivity contribution in [2.24, 2.45) is 0 Å². The van der Waals surface area contributed by atoms with Crippen LogP contribution in [0.2, 0.25) is 10.0 Å². The Balaban J connectivity index is 2.96. The summed E-state index contributed by atoms with van der Waals surface area (Å²) >= 11 is 11.5. The van der Waals surface area contributed by atoms with Gasteiger partial charge in [0.05, 0.1) is 22.5 Å². The van der Waals surface area contributed by atoms with E-state index in [-0.39, 0.29) is 22.8 Å². The molecular formula is C9H7Cl2N3O. The van der Waals surface area contributed by atoms with Crippen molar-refractivity contribution >= 4 is 40.5 Å². The van der Waals surface area contributed by atoms with E-state index in [9.17, 15) is 4.79 Å². The molecular weight excluding hydrogens is 237 g/mol. The van der Waals surface area contributed by atoms with Crippen molar-refractivity contribution in [1.82, 2.24) is 0 Å². The Morgan fingerprint density at radius 1 is 1.53 bits per heavy atom. The first-order valence-corrected chi connectivity index (χ1v) is 4.71. The third kappa shape index (κ3) is 3.01. The van der Waals surface area contributed by atoms with Crippen LogP contribution in [0, 0.1) is 11.3 Å². The third-order valence-corrected chi connectivity index (χ3v) is 2.11. The average Bonchev–Trinajstić information content (AvgIpc) is 2.11. The molecule has 6 heteroatoms. The summed E-state index contributed by atoms with van der Waals surface area (Å²) < 4.78 is 0. The predicted octanol–water partition coefficient (Wildman–Crippen LogP) is 2.43. The van der Waals surface area contributed by atoms with Gasteiger partial charge in [-0.25, -0.2) is 0 Å². The van der Waals surface area contributed by atoms with Gasteiger partial charge < -0.3 is 11.1 Å². The van der Waals surface area contributed by atoms with Crippen molar-refractivity contribution in [1.29, 1.82) is 5.26 Å². The lowest BCUT2D eigenvalue weighted by molar-refractivity contribution is -0.115. The van der Waals surface area contributed by atoms with E-state index in [2.05, 4.69) is 5.32 Å². The van der Waals surface area contributed by atoms with Gasteiger partial charge in [-0.2, -0.15) is 5.26 Å². The Kier molecular flexibility index (Phi) is 3.78. The first-order chi connectivity index (χ1) is 7.04. The van der Waals surface area contributed by atoms with E-state index in [1.54, 1.807) is 6.07 Å². The first-order valence-electron chi connectivity index (χ1n) is 3.96. The number of hydrogen-bond donors (Lipinski definition) is 2. The fourth-order valence-electron chi connectivity index (χ4n) is 0.981. The minimum absolute atomic E-state index is 0.242. The van der Waals surface area contributed by atoms with Gasteiger partial charge in [0.2, 0.25) is 5.91 Å². The number of anilines is 2. The molecule has 0 radical (unpaired) electrons. The average molecular weight is 244 g/mol. The smallest absolute Gasteiger partial charge is 0.238 e. The molecule has 0 fully saturated rings. The van der Waals surface area contributed by atoms with Gasteiger partial charge in [0, 0.05) is 5.02 Å². The van der Waals surface area contributed by atoms with E-state index >= 15 is 0 Å². The number of carbonyl (C=O) groups excluding carboxylic acids is 1. The molecule has 0 aliphatic heterocycles. The van der Waals surface area contributed by atoms with Crippen LogP contribution in [0.25, 0.3) is 0 Å². The summed E-state index contributed by atoms with van der Waals surface area (Å²) in [7, 11) is 0. The molecule has 0 spiro atoms. The lowest BCUT2D eigenvalue weighted by Gasteiger charge is -2.09. The fraction of sp³-hybridized carbons (Fsp3) is 0.111. The highest BCUT2D eigenvalue weighted by Crippen LogP contribution is 2.31. The van der Waals surface area contributed by atoms with Gasteiger partial charge in [0.15, 0.2) is 0 Å². The summed E-state index contributed by atoms with van der Waals surface area (Å²) in [5.41, 5.74) is 6.14. The molecule has 1 rings (SSSR count). The van der Waals surface area contributed by atoms with E-state index in [0.29, 0.717) is 5.02 Å². The second-order valence-electron chi connectivity index (χ2n) is 2.73. The third-order valence-electron chi connectivity index (χ3n) is 1.59. The maximum Gasteiger partial charge on any atom is 0.238 e. The van der Waals surface area contributed by atoms with Crippen LogP contribution in [0.3, 0.4) is 0 Å². The molecule has 1 aromatic carbocycles. The van der Waals surface area contributed by atoms with Gasteiger partial charge in [-0.05, 0) is 12.1 Å². The quantitative estimate of drug-likeness (QED) is 0.784. The first kappa shape index (κ1) is 11.6. The number of benzene rings is 1. The second-order valence-corrected chi connectivity index (χ2v) is 3.58. The topological polar surface area (TPSA) is 78.9 Å². The lowest BCUT2D eigenvalue weighted by atomic mass is 10.2. The van der Waals surface area contributed by atoms with Crippen LogP contribution in [0.4, 0.5) is 11.4 Å². The van der Waals surface area contributed by atoms with Crippen LogP contribution in [0.1, 0.15) is 6.42 Å².